The molecule has 4 aliphatic rings. The highest BCUT2D eigenvalue weighted by Gasteiger charge is 2.74. The lowest BCUT2D eigenvalue weighted by Gasteiger charge is -2.27. The van der Waals surface area contributed by atoms with Crippen LogP contribution in [-0.4, -0.2) is 35.8 Å². The largest absolute Gasteiger partial charge is 0.454 e. The summed E-state index contributed by atoms with van der Waals surface area (Å²) in [7, 11) is 0. The molecule has 3 atom stereocenters. The zero-order valence-corrected chi connectivity index (χ0v) is 19.2. The number of carbonyl (C=O) groups is 4. The molecule has 0 aromatic heterocycles. The van der Waals surface area contributed by atoms with E-state index in [1.165, 1.54) is 18.2 Å². The van der Waals surface area contributed by atoms with Crippen molar-refractivity contribution in [2.75, 3.05) is 11.7 Å². The third kappa shape index (κ3) is 2.57. The molecule has 0 N–H and O–H groups in total. The highest BCUT2D eigenvalue weighted by Crippen LogP contribution is 2.58. The van der Waals surface area contributed by atoms with Gasteiger partial charge in [-0.15, -0.1) is 0 Å². The van der Waals surface area contributed by atoms with Gasteiger partial charge in [0.05, 0.1) is 23.6 Å². The number of hydrogen-bond acceptors (Lipinski definition) is 7. The van der Waals surface area contributed by atoms with Crippen molar-refractivity contribution in [1.29, 1.82) is 0 Å². The van der Waals surface area contributed by atoms with Gasteiger partial charge in [-0.25, -0.2) is 4.90 Å². The Labute approximate surface area is 209 Å². The Morgan fingerprint density at radius 1 is 0.806 bits per heavy atom. The van der Waals surface area contributed by atoms with Crippen molar-refractivity contribution >= 4 is 40.7 Å². The second kappa shape index (κ2) is 7.25. The zero-order valence-electron chi connectivity index (χ0n) is 18.5. The molecule has 178 valence electrons. The summed E-state index contributed by atoms with van der Waals surface area (Å²) in [5.74, 6) is -3.98. The molecule has 36 heavy (non-hydrogen) atoms. The lowest BCUT2D eigenvalue weighted by Crippen LogP contribution is -2.51. The first-order valence-corrected chi connectivity index (χ1v) is 11.7. The van der Waals surface area contributed by atoms with Gasteiger partial charge in [-0.3, -0.25) is 19.2 Å². The van der Waals surface area contributed by atoms with E-state index in [1.54, 1.807) is 48.5 Å². The van der Waals surface area contributed by atoms with E-state index in [0.717, 1.165) is 4.90 Å². The number of anilines is 1. The molecule has 0 radical (unpaired) electrons. The van der Waals surface area contributed by atoms with E-state index < -0.39 is 46.9 Å². The van der Waals surface area contributed by atoms with Crippen LogP contribution in [-0.2, 0) is 14.3 Å². The summed E-state index contributed by atoms with van der Waals surface area (Å²) in [4.78, 5) is 56.4. The van der Waals surface area contributed by atoms with Crippen LogP contribution >= 0.6 is 11.6 Å². The number of rotatable bonds is 2. The smallest absolute Gasteiger partial charge is 0.241 e. The highest BCUT2D eigenvalue weighted by atomic mass is 35.5. The van der Waals surface area contributed by atoms with Gasteiger partial charge in [0, 0.05) is 22.2 Å². The quantitative estimate of drug-likeness (QED) is 0.389. The van der Waals surface area contributed by atoms with Gasteiger partial charge in [-0.2, -0.15) is 0 Å². The van der Waals surface area contributed by atoms with E-state index in [-0.39, 0.29) is 23.6 Å². The van der Waals surface area contributed by atoms with Crippen molar-refractivity contribution < 1.29 is 33.4 Å². The number of fused-ring (bicyclic) bond motifs is 4. The molecule has 9 heteroatoms. The number of benzene rings is 3. The predicted molar refractivity (Wildman–Crippen MR) is 125 cm³/mol. The standard InChI is InChI=1S/C27H16ClNO7/c28-14-7-5-13(6-8-14)22-20-21(27(36-22)23(30)16-3-1-2-4-17(16)24(27)31)26(33)29(25(20)32)15-9-10-18-19(11-15)35-12-34-18/h1-11,20-22H,12H2/t20-,21+,22+/m1/s1. The predicted octanol–water partition coefficient (Wildman–Crippen LogP) is 3.76. The van der Waals surface area contributed by atoms with E-state index in [4.69, 9.17) is 25.8 Å². The summed E-state index contributed by atoms with van der Waals surface area (Å²) in [5.41, 5.74) is -0.962. The monoisotopic (exact) mass is 501 g/mol. The van der Waals surface area contributed by atoms with Crippen LogP contribution in [0.15, 0.2) is 66.7 Å². The van der Waals surface area contributed by atoms with Gasteiger partial charge in [0.15, 0.2) is 11.5 Å². The van der Waals surface area contributed by atoms with E-state index in [0.29, 0.717) is 22.1 Å². The fourth-order valence-corrected chi connectivity index (χ4v) is 5.88. The van der Waals surface area contributed by atoms with Crippen LogP contribution in [0, 0.1) is 11.8 Å². The van der Waals surface area contributed by atoms with Gasteiger partial charge in [0.25, 0.3) is 0 Å². The molecule has 2 amide bonds. The summed E-state index contributed by atoms with van der Waals surface area (Å²) < 4.78 is 17.0. The first kappa shape index (κ1) is 21.3. The normalized spacial score (nSPS) is 25.1. The maximum Gasteiger partial charge on any atom is 0.241 e. The van der Waals surface area contributed by atoms with Crippen molar-refractivity contribution in [2.24, 2.45) is 11.8 Å². The van der Waals surface area contributed by atoms with Crippen molar-refractivity contribution in [3.63, 3.8) is 0 Å². The minimum absolute atomic E-state index is 0.0305. The molecule has 1 spiro atoms. The van der Waals surface area contributed by atoms with Crippen LogP contribution in [0.5, 0.6) is 11.5 Å². The van der Waals surface area contributed by atoms with Gasteiger partial charge in [0.2, 0.25) is 35.8 Å². The van der Waals surface area contributed by atoms with Crippen molar-refractivity contribution in [3.8, 4) is 11.5 Å². The van der Waals surface area contributed by atoms with Crippen LogP contribution in [0.25, 0.3) is 0 Å². The highest BCUT2D eigenvalue weighted by molar-refractivity contribution is 6.37. The van der Waals surface area contributed by atoms with Crippen LogP contribution < -0.4 is 14.4 Å². The van der Waals surface area contributed by atoms with E-state index in [9.17, 15) is 19.2 Å². The second-order valence-electron chi connectivity index (χ2n) is 9.08. The average Bonchev–Trinajstić information content (AvgIpc) is 3.61. The molecule has 7 rings (SSSR count). The minimum atomic E-state index is -2.13. The first-order chi connectivity index (χ1) is 17.4. The van der Waals surface area contributed by atoms with Gasteiger partial charge >= 0.3 is 0 Å². The Bertz CT molecular complexity index is 1480. The number of hydrogen-bond donors (Lipinski definition) is 0. The Kier molecular flexibility index (Phi) is 4.29. The molecule has 0 unspecified atom stereocenters. The Balaban J connectivity index is 1.40. The Morgan fingerprint density at radius 3 is 2.17 bits per heavy atom. The molecule has 3 heterocycles. The number of nitrogens with zero attached hydrogens (tertiary/aromatic N) is 1. The van der Waals surface area contributed by atoms with Crippen LogP contribution in [0.4, 0.5) is 5.69 Å². The molecule has 0 saturated carbocycles. The third-order valence-corrected chi connectivity index (χ3v) is 7.58. The zero-order chi connectivity index (χ0) is 24.8. The fraction of sp³-hybridized carbons (Fsp3) is 0.185. The summed E-state index contributed by atoms with van der Waals surface area (Å²) in [6, 6.07) is 17.7. The molecule has 0 bridgehead atoms. The first-order valence-electron chi connectivity index (χ1n) is 11.3. The van der Waals surface area contributed by atoms with Gasteiger partial charge in [-0.1, -0.05) is 48.0 Å². The maximum atomic E-state index is 14.0. The SMILES string of the molecule is O=C1[C@@H]2[C@@H](C(=O)N1c1ccc3c(c1)OCO3)C1(O[C@H]2c2ccc(Cl)cc2)C(=O)c2ccccc2C1=O. The van der Waals surface area contributed by atoms with Crippen LogP contribution in [0.3, 0.4) is 0 Å². The number of Topliss-reactive ketones (excluding diaryl/α,β-unsaturated/α-hetero) is 2. The number of amides is 2. The molecule has 2 saturated heterocycles. The Morgan fingerprint density at radius 2 is 1.47 bits per heavy atom. The minimum Gasteiger partial charge on any atom is -0.454 e. The molecular weight excluding hydrogens is 486 g/mol. The molecule has 8 nitrogen and oxygen atoms in total. The molecule has 3 aliphatic heterocycles. The topological polar surface area (TPSA) is 99.2 Å². The summed E-state index contributed by atoms with van der Waals surface area (Å²) in [6.45, 7) is 0.0305. The number of halogens is 1. The van der Waals surface area contributed by atoms with Gasteiger partial charge in [-0.05, 0) is 29.8 Å². The van der Waals surface area contributed by atoms with Crippen molar-refractivity contribution in [3.05, 3.63) is 88.4 Å². The van der Waals surface area contributed by atoms with Crippen LogP contribution in [0.1, 0.15) is 32.4 Å². The molecular formula is C27H16ClNO7. The molecule has 1 aliphatic carbocycles. The fourth-order valence-electron chi connectivity index (χ4n) is 5.75. The summed E-state index contributed by atoms with van der Waals surface area (Å²) in [5, 5.41) is 0.472. The maximum absolute atomic E-state index is 14.0. The lowest BCUT2D eigenvalue weighted by atomic mass is 9.77. The number of imide groups is 1. The molecule has 2 fully saturated rings. The summed E-state index contributed by atoms with van der Waals surface area (Å²) >= 11 is 6.06. The molecule has 3 aromatic rings. The van der Waals surface area contributed by atoms with E-state index >= 15 is 0 Å². The van der Waals surface area contributed by atoms with Crippen molar-refractivity contribution in [2.45, 2.75) is 11.7 Å². The van der Waals surface area contributed by atoms with Gasteiger partial charge < -0.3 is 14.2 Å². The lowest BCUT2D eigenvalue weighted by molar-refractivity contribution is -0.127. The van der Waals surface area contributed by atoms with Gasteiger partial charge in [0.1, 0.15) is 0 Å². The Hall–Kier alpha value is -4.01. The van der Waals surface area contributed by atoms with Crippen LogP contribution in [0.2, 0.25) is 5.02 Å². The third-order valence-electron chi connectivity index (χ3n) is 7.33. The second-order valence-corrected chi connectivity index (χ2v) is 9.52. The average molecular weight is 502 g/mol. The summed E-state index contributed by atoms with van der Waals surface area (Å²) in [6.07, 6.45) is -1.01. The van der Waals surface area contributed by atoms with E-state index in [1.807, 2.05) is 0 Å². The number of ether oxygens (including phenoxy) is 3. The number of carbonyl (C=O) groups excluding carboxylic acids is 4. The van der Waals surface area contributed by atoms with E-state index in [2.05, 4.69) is 0 Å². The molecule has 3 aromatic carbocycles. The number of ketones is 2. The van der Waals surface area contributed by atoms with Crippen molar-refractivity contribution in [1.82, 2.24) is 0 Å².